The second-order valence-corrected chi connectivity index (χ2v) is 7.59. The Balaban J connectivity index is 1.87. The van der Waals surface area contributed by atoms with Gasteiger partial charge in [0.1, 0.15) is 10.8 Å². The van der Waals surface area contributed by atoms with E-state index >= 15 is 0 Å². The Kier molecular flexibility index (Phi) is 4.94. The molecule has 3 aromatic carbocycles. The molecule has 0 spiro atoms. The fraction of sp³-hybridized carbons (Fsp3) is 0. The van der Waals surface area contributed by atoms with E-state index in [0.29, 0.717) is 32.1 Å². The van der Waals surface area contributed by atoms with Crippen LogP contribution in [0.25, 0.3) is 21.2 Å². The molecule has 1 aromatic heterocycles. The maximum atomic E-state index is 13.4. The fourth-order valence-corrected chi connectivity index (χ4v) is 4.10. The third-order valence-corrected chi connectivity index (χ3v) is 5.60. The summed E-state index contributed by atoms with van der Waals surface area (Å²) in [4.78, 5) is 25.8. The zero-order valence-electron chi connectivity index (χ0n) is 14.4. The summed E-state index contributed by atoms with van der Waals surface area (Å²) in [5.74, 6) is -0.752. The molecule has 1 amide bonds. The molecule has 0 aliphatic rings. The number of halogens is 2. The summed E-state index contributed by atoms with van der Waals surface area (Å²) in [5.41, 5.74) is 1.08. The molecular formula is C22H13ClFNO2S. The number of carbonyl (C=O) groups excluding carboxylic acids is 1. The van der Waals surface area contributed by atoms with Crippen molar-refractivity contribution in [3.63, 3.8) is 0 Å². The second-order valence-electron chi connectivity index (χ2n) is 6.10. The number of carbonyl (C=O) groups is 1. The fourth-order valence-electron chi connectivity index (χ4n) is 2.89. The summed E-state index contributed by atoms with van der Waals surface area (Å²) < 4.78 is 14.1. The zero-order valence-corrected chi connectivity index (χ0v) is 16.0. The Bertz CT molecular complexity index is 1230. The molecule has 0 aliphatic carbocycles. The van der Waals surface area contributed by atoms with Crippen molar-refractivity contribution in [2.45, 2.75) is 0 Å². The van der Waals surface area contributed by atoms with Crippen LogP contribution in [0.4, 0.5) is 9.39 Å². The molecule has 4 aromatic rings. The number of benzene rings is 3. The van der Waals surface area contributed by atoms with Gasteiger partial charge in [0, 0.05) is 20.7 Å². The van der Waals surface area contributed by atoms with Gasteiger partial charge in [-0.2, -0.15) is 0 Å². The van der Waals surface area contributed by atoms with Gasteiger partial charge in [-0.3, -0.25) is 9.59 Å². The van der Waals surface area contributed by atoms with Crippen LogP contribution >= 0.6 is 22.9 Å². The third kappa shape index (κ3) is 3.54. The van der Waals surface area contributed by atoms with Crippen LogP contribution in [0.5, 0.6) is 0 Å². The largest absolute Gasteiger partial charge is 0.313 e. The third-order valence-electron chi connectivity index (χ3n) is 4.26. The van der Waals surface area contributed by atoms with Gasteiger partial charge in [0.25, 0.3) is 5.91 Å². The van der Waals surface area contributed by atoms with Gasteiger partial charge in [-0.25, -0.2) is 4.39 Å². The molecule has 0 radical (unpaired) electrons. The van der Waals surface area contributed by atoms with Gasteiger partial charge in [-0.05, 0) is 54.1 Å². The SMILES string of the molecule is O=C(Nc1sc2ccccc2c(=O)c1-c1ccc(F)cc1)c1ccc(Cl)cc1. The van der Waals surface area contributed by atoms with Crippen molar-refractivity contribution < 1.29 is 9.18 Å². The lowest BCUT2D eigenvalue weighted by molar-refractivity contribution is 0.102. The van der Waals surface area contributed by atoms with Crippen LogP contribution in [0, 0.1) is 5.82 Å². The average Bonchev–Trinajstić information content (AvgIpc) is 2.70. The first-order valence-corrected chi connectivity index (χ1v) is 9.61. The summed E-state index contributed by atoms with van der Waals surface area (Å²) in [5, 5.41) is 4.33. The van der Waals surface area contributed by atoms with E-state index in [1.807, 2.05) is 12.1 Å². The maximum absolute atomic E-state index is 13.4. The molecule has 0 atom stereocenters. The number of hydrogen-bond donors (Lipinski definition) is 1. The van der Waals surface area contributed by atoms with Crippen LogP contribution in [0.3, 0.4) is 0 Å². The number of anilines is 1. The number of rotatable bonds is 3. The van der Waals surface area contributed by atoms with Crippen molar-refractivity contribution >= 4 is 43.9 Å². The molecule has 0 saturated heterocycles. The predicted molar refractivity (Wildman–Crippen MR) is 113 cm³/mol. The minimum atomic E-state index is -0.396. The smallest absolute Gasteiger partial charge is 0.256 e. The number of nitrogens with one attached hydrogen (secondary N) is 1. The van der Waals surface area contributed by atoms with Crippen molar-refractivity contribution in [3.8, 4) is 11.1 Å². The molecule has 28 heavy (non-hydrogen) atoms. The first-order chi connectivity index (χ1) is 13.5. The summed E-state index contributed by atoms with van der Waals surface area (Å²) in [6.45, 7) is 0. The van der Waals surface area contributed by atoms with Gasteiger partial charge in [0.05, 0.1) is 5.56 Å². The minimum Gasteiger partial charge on any atom is -0.313 e. The van der Waals surface area contributed by atoms with Crippen LogP contribution in [0.2, 0.25) is 5.02 Å². The molecule has 0 bridgehead atoms. The average molecular weight is 410 g/mol. The lowest BCUT2D eigenvalue weighted by atomic mass is 10.1. The van der Waals surface area contributed by atoms with E-state index in [0.717, 1.165) is 4.70 Å². The van der Waals surface area contributed by atoms with E-state index in [2.05, 4.69) is 5.32 Å². The molecule has 1 heterocycles. The van der Waals surface area contributed by atoms with Gasteiger partial charge in [-0.15, -0.1) is 11.3 Å². The number of amides is 1. The highest BCUT2D eigenvalue weighted by Crippen LogP contribution is 2.33. The van der Waals surface area contributed by atoms with Gasteiger partial charge in [-0.1, -0.05) is 35.9 Å². The molecule has 1 N–H and O–H groups in total. The Morgan fingerprint density at radius 3 is 2.32 bits per heavy atom. The molecule has 6 heteroatoms. The van der Waals surface area contributed by atoms with E-state index < -0.39 is 5.82 Å². The molecule has 4 rings (SSSR count). The maximum Gasteiger partial charge on any atom is 0.256 e. The first kappa shape index (κ1) is 18.3. The van der Waals surface area contributed by atoms with Crippen molar-refractivity contribution in [3.05, 3.63) is 99.4 Å². The number of fused-ring (bicyclic) bond motifs is 1. The van der Waals surface area contributed by atoms with Crippen LogP contribution in [0.15, 0.2) is 77.6 Å². The first-order valence-electron chi connectivity index (χ1n) is 8.41. The molecule has 0 aliphatic heterocycles. The molecule has 138 valence electrons. The summed E-state index contributed by atoms with van der Waals surface area (Å²) >= 11 is 7.18. The van der Waals surface area contributed by atoms with Gasteiger partial charge in [0.15, 0.2) is 5.43 Å². The molecule has 0 unspecified atom stereocenters. The number of hydrogen-bond acceptors (Lipinski definition) is 3. The Hall–Kier alpha value is -3.02. The highest BCUT2D eigenvalue weighted by molar-refractivity contribution is 7.22. The van der Waals surface area contributed by atoms with Crippen LogP contribution in [-0.4, -0.2) is 5.91 Å². The Morgan fingerprint density at radius 2 is 1.61 bits per heavy atom. The summed E-state index contributed by atoms with van der Waals surface area (Å²) in [7, 11) is 0. The highest BCUT2D eigenvalue weighted by atomic mass is 35.5. The lowest BCUT2D eigenvalue weighted by Gasteiger charge is -2.12. The van der Waals surface area contributed by atoms with Crippen LogP contribution in [0.1, 0.15) is 10.4 Å². The van der Waals surface area contributed by atoms with Gasteiger partial charge < -0.3 is 5.32 Å². The summed E-state index contributed by atoms with van der Waals surface area (Å²) in [6, 6.07) is 19.3. The predicted octanol–water partition coefficient (Wildman–Crippen LogP) is 5.97. The standard InChI is InChI=1S/C22H13ClFNO2S/c23-15-9-5-14(6-10-15)21(27)25-22-19(13-7-11-16(24)12-8-13)20(26)17-3-1-2-4-18(17)28-22/h1-12H,(H,25,27). The van der Waals surface area contributed by atoms with Gasteiger partial charge >= 0.3 is 0 Å². The highest BCUT2D eigenvalue weighted by Gasteiger charge is 2.17. The summed E-state index contributed by atoms with van der Waals surface area (Å²) in [6.07, 6.45) is 0. The molecule has 0 fully saturated rings. The zero-order chi connectivity index (χ0) is 19.7. The van der Waals surface area contributed by atoms with Crippen molar-refractivity contribution in [2.75, 3.05) is 5.32 Å². The topological polar surface area (TPSA) is 46.2 Å². The van der Waals surface area contributed by atoms with E-state index in [1.165, 1.54) is 35.6 Å². The molecular weight excluding hydrogens is 397 g/mol. The Morgan fingerprint density at radius 1 is 0.929 bits per heavy atom. The van der Waals surface area contributed by atoms with E-state index in [1.54, 1.807) is 36.4 Å². The van der Waals surface area contributed by atoms with Crippen molar-refractivity contribution in [1.29, 1.82) is 0 Å². The van der Waals surface area contributed by atoms with Crippen LogP contribution < -0.4 is 10.7 Å². The quantitative estimate of drug-likeness (QED) is 0.453. The normalized spacial score (nSPS) is 10.8. The Labute approximate surface area is 169 Å². The molecule has 3 nitrogen and oxygen atoms in total. The van der Waals surface area contributed by atoms with E-state index in [-0.39, 0.29) is 11.3 Å². The van der Waals surface area contributed by atoms with Crippen molar-refractivity contribution in [2.24, 2.45) is 0 Å². The second kappa shape index (κ2) is 7.54. The van der Waals surface area contributed by atoms with Crippen molar-refractivity contribution in [1.82, 2.24) is 0 Å². The van der Waals surface area contributed by atoms with E-state index in [4.69, 9.17) is 11.6 Å². The molecule has 0 saturated carbocycles. The van der Waals surface area contributed by atoms with Gasteiger partial charge in [0.2, 0.25) is 0 Å². The van der Waals surface area contributed by atoms with Crippen LogP contribution in [-0.2, 0) is 0 Å². The van der Waals surface area contributed by atoms with E-state index in [9.17, 15) is 14.0 Å². The monoisotopic (exact) mass is 409 g/mol. The minimum absolute atomic E-state index is 0.215. The lowest BCUT2D eigenvalue weighted by Crippen LogP contribution is -2.15.